The first-order chi connectivity index (χ1) is 9.31. The number of aliphatic hydroxyl groups excluding tert-OH is 2. The van der Waals surface area contributed by atoms with E-state index < -0.39 is 24.2 Å². The van der Waals surface area contributed by atoms with E-state index >= 15 is 0 Å². The lowest BCUT2D eigenvalue weighted by molar-refractivity contribution is -0.138. The summed E-state index contributed by atoms with van der Waals surface area (Å²) >= 11 is 0. The van der Waals surface area contributed by atoms with E-state index in [2.05, 4.69) is 5.32 Å². The van der Waals surface area contributed by atoms with E-state index in [9.17, 15) is 15.0 Å². The number of rotatable bonds is 7. The Bertz CT molecular complexity index is 459. The van der Waals surface area contributed by atoms with Crippen LogP contribution in [0.4, 0.5) is 0 Å². The van der Waals surface area contributed by atoms with E-state index in [0.717, 1.165) is 11.1 Å². The Morgan fingerprint density at radius 1 is 1.25 bits per heavy atom. The molecule has 0 spiro atoms. The third-order valence-electron chi connectivity index (χ3n) is 3.32. The minimum Gasteiger partial charge on any atom is -0.481 e. The van der Waals surface area contributed by atoms with Crippen LogP contribution in [-0.2, 0) is 4.79 Å². The predicted octanol–water partition coefficient (Wildman–Crippen LogP) is 1.15. The van der Waals surface area contributed by atoms with Crippen LogP contribution in [0, 0.1) is 13.8 Å². The van der Waals surface area contributed by atoms with E-state index in [4.69, 9.17) is 5.11 Å². The molecule has 0 radical (unpaired) electrons. The first-order valence-corrected chi connectivity index (χ1v) is 6.69. The molecule has 0 bridgehead atoms. The first-order valence-electron chi connectivity index (χ1n) is 6.69. The number of benzene rings is 1. The molecule has 0 saturated carbocycles. The number of carboxylic acids is 1. The number of carboxylic acid groups (broad SMARTS) is 1. The van der Waals surface area contributed by atoms with Crippen LogP contribution in [0.2, 0.25) is 0 Å². The summed E-state index contributed by atoms with van der Waals surface area (Å²) in [5.74, 6) is -0.990. The maximum Gasteiger partial charge on any atom is 0.305 e. The van der Waals surface area contributed by atoms with Gasteiger partial charge in [-0.1, -0.05) is 18.2 Å². The highest BCUT2D eigenvalue weighted by atomic mass is 16.4. The Labute approximate surface area is 119 Å². The van der Waals surface area contributed by atoms with Gasteiger partial charge in [-0.25, -0.2) is 0 Å². The number of nitrogens with one attached hydrogen (secondary N) is 1. The predicted molar refractivity (Wildman–Crippen MR) is 76.6 cm³/mol. The molecule has 0 aliphatic carbocycles. The number of aliphatic hydroxyl groups is 2. The lowest BCUT2D eigenvalue weighted by atomic mass is 9.96. The standard InChI is InChI=1S/C15H23NO4/c1-9-4-5-12(6-10(9)2)15(20)13(7-14(18)19)16-8-11(3)17/h4-6,11,13,15-17,20H,7-8H2,1-3H3,(H,18,19). The van der Waals surface area contributed by atoms with Gasteiger partial charge in [-0.05, 0) is 37.5 Å². The molecule has 3 atom stereocenters. The van der Waals surface area contributed by atoms with Crippen molar-refractivity contribution in [3.05, 3.63) is 34.9 Å². The van der Waals surface area contributed by atoms with Gasteiger partial charge in [0.2, 0.25) is 0 Å². The molecule has 5 heteroatoms. The van der Waals surface area contributed by atoms with Crippen molar-refractivity contribution < 1.29 is 20.1 Å². The van der Waals surface area contributed by atoms with Crippen LogP contribution in [-0.4, -0.2) is 40.0 Å². The van der Waals surface area contributed by atoms with Crippen LogP contribution in [0.3, 0.4) is 0 Å². The van der Waals surface area contributed by atoms with Gasteiger partial charge in [0.1, 0.15) is 0 Å². The SMILES string of the molecule is Cc1ccc(C(O)C(CC(=O)O)NCC(C)O)cc1C. The molecule has 20 heavy (non-hydrogen) atoms. The summed E-state index contributed by atoms with van der Waals surface area (Å²) in [7, 11) is 0. The maximum absolute atomic E-state index is 10.9. The lowest BCUT2D eigenvalue weighted by Crippen LogP contribution is -2.40. The van der Waals surface area contributed by atoms with Gasteiger partial charge in [0.15, 0.2) is 0 Å². The van der Waals surface area contributed by atoms with Crippen molar-refractivity contribution in [3.8, 4) is 0 Å². The molecule has 0 amide bonds. The van der Waals surface area contributed by atoms with Crippen LogP contribution in [0.25, 0.3) is 0 Å². The topological polar surface area (TPSA) is 89.8 Å². The minimum absolute atomic E-state index is 0.208. The molecular formula is C15H23NO4. The quantitative estimate of drug-likeness (QED) is 0.602. The lowest BCUT2D eigenvalue weighted by Gasteiger charge is -2.24. The summed E-state index contributed by atoms with van der Waals surface area (Å²) in [4.78, 5) is 10.9. The van der Waals surface area contributed by atoms with Gasteiger partial charge >= 0.3 is 5.97 Å². The fraction of sp³-hybridized carbons (Fsp3) is 0.533. The van der Waals surface area contributed by atoms with Crippen molar-refractivity contribution in [2.24, 2.45) is 0 Å². The molecule has 0 heterocycles. The van der Waals surface area contributed by atoms with Gasteiger partial charge in [-0.15, -0.1) is 0 Å². The van der Waals surface area contributed by atoms with Crippen molar-refractivity contribution in [2.75, 3.05) is 6.54 Å². The Hall–Kier alpha value is -1.43. The second-order valence-corrected chi connectivity index (χ2v) is 5.25. The third-order valence-corrected chi connectivity index (χ3v) is 3.32. The van der Waals surface area contributed by atoms with Gasteiger partial charge < -0.3 is 20.6 Å². The first kappa shape index (κ1) is 16.6. The van der Waals surface area contributed by atoms with Gasteiger partial charge in [-0.2, -0.15) is 0 Å². The van der Waals surface area contributed by atoms with Crippen molar-refractivity contribution in [3.63, 3.8) is 0 Å². The zero-order chi connectivity index (χ0) is 15.3. The van der Waals surface area contributed by atoms with Crippen molar-refractivity contribution >= 4 is 5.97 Å². The summed E-state index contributed by atoms with van der Waals surface area (Å²) in [5.41, 5.74) is 2.84. The van der Waals surface area contributed by atoms with E-state index in [1.54, 1.807) is 13.0 Å². The molecule has 0 aromatic heterocycles. The fourth-order valence-corrected chi connectivity index (χ4v) is 1.99. The van der Waals surface area contributed by atoms with Crippen LogP contribution in [0.1, 0.15) is 36.1 Å². The summed E-state index contributed by atoms with van der Waals surface area (Å²) in [6, 6.07) is 4.93. The van der Waals surface area contributed by atoms with E-state index in [0.29, 0.717) is 5.56 Å². The monoisotopic (exact) mass is 281 g/mol. The number of hydrogen-bond donors (Lipinski definition) is 4. The highest BCUT2D eigenvalue weighted by Crippen LogP contribution is 2.21. The summed E-state index contributed by atoms with van der Waals surface area (Å²) in [5, 5.41) is 31.5. The highest BCUT2D eigenvalue weighted by molar-refractivity contribution is 5.67. The van der Waals surface area contributed by atoms with Crippen LogP contribution >= 0.6 is 0 Å². The van der Waals surface area contributed by atoms with Crippen LogP contribution < -0.4 is 5.32 Å². The van der Waals surface area contributed by atoms with Crippen molar-refractivity contribution in [1.29, 1.82) is 0 Å². The maximum atomic E-state index is 10.9. The largest absolute Gasteiger partial charge is 0.481 e. The van der Waals surface area contributed by atoms with Crippen molar-refractivity contribution in [2.45, 2.75) is 45.4 Å². The third kappa shape index (κ3) is 4.92. The molecule has 5 nitrogen and oxygen atoms in total. The molecule has 1 aromatic carbocycles. The molecule has 0 aliphatic heterocycles. The zero-order valence-corrected chi connectivity index (χ0v) is 12.1. The van der Waals surface area contributed by atoms with E-state index in [1.165, 1.54) is 0 Å². The molecule has 1 rings (SSSR count). The van der Waals surface area contributed by atoms with Crippen LogP contribution in [0.5, 0.6) is 0 Å². The van der Waals surface area contributed by atoms with E-state index in [1.807, 2.05) is 26.0 Å². The molecule has 0 aliphatic rings. The summed E-state index contributed by atoms with van der Waals surface area (Å²) < 4.78 is 0. The van der Waals surface area contributed by atoms with Crippen molar-refractivity contribution in [1.82, 2.24) is 5.32 Å². The van der Waals surface area contributed by atoms with Gasteiger partial charge in [-0.3, -0.25) is 4.79 Å². The Morgan fingerprint density at radius 3 is 2.40 bits per heavy atom. The Balaban J connectivity index is 2.87. The normalized spacial score (nSPS) is 15.7. The minimum atomic E-state index is -0.990. The average molecular weight is 281 g/mol. The summed E-state index contributed by atoms with van der Waals surface area (Å²) in [6.45, 7) is 5.76. The smallest absolute Gasteiger partial charge is 0.305 e. The van der Waals surface area contributed by atoms with Gasteiger partial charge in [0.25, 0.3) is 0 Å². The van der Waals surface area contributed by atoms with Gasteiger partial charge in [0, 0.05) is 12.6 Å². The molecule has 4 N–H and O–H groups in total. The molecular weight excluding hydrogens is 258 g/mol. The zero-order valence-electron chi connectivity index (χ0n) is 12.1. The number of aryl methyl sites for hydroxylation is 2. The number of aliphatic carboxylic acids is 1. The second-order valence-electron chi connectivity index (χ2n) is 5.25. The molecule has 112 valence electrons. The Morgan fingerprint density at radius 2 is 1.90 bits per heavy atom. The second kappa shape index (κ2) is 7.38. The molecule has 0 saturated heterocycles. The van der Waals surface area contributed by atoms with E-state index in [-0.39, 0.29) is 13.0 Å². The molecule has 1 aromatic rings. The summed E-state index contributed by atoms with van der Waals surface area (Å²) in [6.07, 6.45) is -1.73. The molecule has 3 unspecified atom stereocenters. The highest BCUT2D eigenvalue weighted by Gasteiger charge is 2.23. The number of hydrogen-bond acceptors (Lipinski definition) is 4. The Kier molecular flexibility index (Phi) is 6.13. The van der Waals surface area contributed by atoms with Crippen LogP contribution in [0.15, 0.2) is 18.2 Å². The van der Waals surface area contributed by atoms with Gasteiger partial charge in [0.05, 0.1) is 18.6 Å². The average Bonchev–Trinajstić information content (AvgIpc) is 2.36. The number of carbonyl (C=O) groups is 1. The fourth-order valence-electron chi connectivity index (χ4n) is 1.99. The molecule has 0 fully saturated rings.